The Morgan fingerprint density at radius 3 is 2.71 bits per heavy atom. The lowest BCUT2D eigenvalue weighted by Gasteiger charge is -2.38. The number of rotatable bonds is 3. The molecule has 17 heavy (non-hydrogen) atoms. The van der Waals surface area contributed by atoms with Crippen LogP contribution in [0.3, 0.4) is 0 Å². The maximum atomic E-state index is 9.81. The molecule has 5 nitrogen and oxygen atoms in total. The zero-order valence-corrected chi connectivity index (χ0v) is 10.3. The van der Waals surface area contributed by atoms with Crippen molar-refractivity contribution in [2.75, 3.05) is 4.90 Å². The Kier molecular flexibility index (Phi) is 2.78. The molecular formula is C12H20N4O. The minimum absolute atomic E-state index is 0.112. The zero-order chi connectivity index (χ0) is 11.8. The smallest absolute Gasteiger partial charge is 0.147 e. The Balaban J connectivity index is 1.86. The normalized spacial score (nSPS) is 32.1. The summed E-state index contributed by atoms with van der Waals surface area (Å²) >= 11 is 0. The van der Waals surface area contributed by atoms with Gasteiger partial charge in [-0.25, -0.2) is 4.68 Å². The number of aromatic nitrogens is 3. The fourth-order valence-corrected chi connectivity index (χ4v) is 3.35. The first-order chi connectivity index (χ1) is 8.29. The second kappa shape index (κ2) is 4.29. The highest BCUT2D eigenvalue weighted by Gasteiger charge is 2.41. The standard InChI is InChI=1S/C12H20N4O/c1-2-5-15-12(8-13-14-15)16-9-3-4-10(16)7-11(17)6-9/h8-11,17H,2-7H2,1H3. The van der Waals surface area contributed by atoms with Crippen molar-refractivity contribution in [3.8, 4) is 0 Å². The predicted octanol–water partition coefficient (Wildman–Crippen LogP) is 1.18. The van der Waals surface area contributed by atoms with E-state index in [4.69, 9.17) is 0 Å². The van der Waals surface area contributed by atoms with Gasteiger partial charge in [0, 0.05) is 18.6 Å². The summed E-state index contributed by atoms with van der Waals surface area (Å²) in [5, 5.41) is 18.0. The van der Waals surface area contributed by atoms with Crippen LogP contribution in [0.25, 0.3) is 0 Å². The highest BCUT2D eigenvalue weighted by atomic mass is 16.3. The molecule has 2 atom stereocenters. The van der Waals surface area contributed by atoms with Crippen LogP contribution in [0, 0.1) is 0 Å². The molecule has 0 radical (unpaired) electrons. The van der Waals surface area contributed by atoms with E-state index < -0.39 is 0 Å². The van der Waals surface area contributed by atoms with Gasteiger partial charge in [-0.2, -0.15) is 0 Å². The number of piperidine rings is 1. The molecule has 2 aliphatic heterocycles. The van der Waals surface area contributed by atoms with Crippen LogP contribution in [0.2, 0.25) is 0 Å². The number of fused-ring (bicyclic) bond motifs is 2. The summed E-state index contributed by atoms with van der Waals surface area (Å²) in [5.41, 5.74) is 0. The summed E-state index contributed by atoms with van der Waals surface area (Å²) in [5.74, 6) is 1.14. The molecule has 2 saturated heterocycles. The summed E-state index contributed by atoms with van der Waals surface area (Å²) in [6, 6.07) is 0.968. The van der Waals surface area contributed by atoms with Crippen LogP contribution >= 0.6 is 0 Å². The third-order valence-corrected chi connectivity index (χ3v) is 4.01. The van der Waals surface area contributed by atoms with E-state index in [2.05, 4.69) is 22.1 Å². The number of aliphatic hydroxyl groups excluding tert-OH is 1. The molecule has 2 aliphatic rings. The molecule has 0 amide bonds. The molecule has 0 aliphatic carbocycles. The van der Waals surface area contributed by atoms with Crippen molar-refractivity contribution in [1.82, 2.24) is 15.0 Å². The van der Waals surface area contributed by atoms with E-state index in [1.54, 1.807) is 0 Å². The van der Waals surface area contributed by atoms with Gasteiger partial charge >= 0.3 is 0 Å². The highest BCUT2D eigenvalue weighted by molar-refractivity contribution is 5.42. The molecule has 3 rings (SSSR count). The van der Waals surface area contributed by atoms with Gasteiger partial charge in [-0.15, -0.1) is 5.10 Å². The minimum atomic E-state index is -0.112. The summed E-state index contributed by atoms with van der Waals surface area (Å²) in [4.78, 5) is 2.45. The average Bonchev–Trinajstić information content (AvgIpc) is 2.82. The quantitative estimate of drug-likeness (QED) is 0.856. The molecule has 0 spiro atoms. The van der Waals surface area contributed by atoms with Crippen LogP contribution in [-0.4, -0.2) is 38.3 Å². The number of nitrogens with zero attached hydrogens (tertiary/aromatic N) is 4. The van der Waals surface area contributed by atoms with Crippen molar-refractivity contribution in [2.45, 2.75) is 63.8 Å². The Labute approximate surface area is 101 Å². The van der Waals surface area contributed by atoms with Crippen LogP contribution in [-0.2, 0) is 6.54 Å². The number of aliphatic hydroxyl groups is 1. The van der Waals surface area contributed by atoms with Crippen LogP contribution in [0.4, 0.5) is 5.82 Å². The van der Waals surface area contributed by atoms with Crippen molar-refractivity contribution < 1.29 is 5.11 Å². The lowest BCUT2D eigenvalue weighted by molar-refractivity contribution is 0.125. The molecule has 1 aromatic heterocycles. The van der Waals surface area contributed by atoms with E-state index in [-0.39, 0.29) is 6.10 Å². The molecule has 1 N–H and O–H groups in total. The minimum Gasteiger partial charge on any atom is -0.393 e. The summed E-state index contributed by atoms with van der Waals surface area (Å²) < 4.78 is 2.00. The van der Waals surface area contributed by atoms with Crippen molar-refractivity contribution in [3.05, 3.63) is 6.20 Å². The lowest BCUT2D eigenvalue weighted by atomic mass is 10.00. The van der Waals surface area contributed by atoms with Gasteiger partial charge in [-0.05, 0) is 32.1 Å². The Hall–Kier alpha value is -1.10. The molecule has 2 bridgehead atoms. The molecule has 0 saturated carbocycles. The van der Waals surface area contributed by atoms with Crippen molar-refractivity contribution >= 4 is 5.82 Å². The molecule has 0 aromatic carbocycles. The van der Waals surface area contributed by atoms with Gasteiger partial charge in [0.05, 0.1) is 12.3 Å². The molecule has 2 unspecified atom stereocenters. The predicted molar refractivity (Wildman–Crippen MR) is 64.8 cm³/mol. The van der Waals surface area contributed by atoms with Gasteiger partial charge in [0.1, 0.15) is 5.82 Å². The molecule has 1 aromatic rings. The lowest BCUT2D eigenvalue weighted by Crippen LogP contribution is -2.45. The first-order valence-corrected chi connectivity index (χ1v) is 6.64. The van der Waals surface area contributed by atoms with Gasteiger partial charge in [-0.3, -0.25) is 0 Å². The third kappa shape index (κ3) is 1.82. The molecule has 94 valence electrons. The highest BCUT2D eigenvalue weighted by Crippen LogP contribution is 2.38. The van der Waals surface area contributed by atoms with Crippen LogP contribution in [0.15, 0.2) is 6.20 Å². The summed E-state index contributed by atoms with van der Waals surface area (Å²) in [6.07, 6.45) is 7.01. The maximum absolute atomic E-state index is 9.81. The van der Waals surface area contributed by atoms with E-state index in [9.17, 15) is 5.11 Å². The summed E-state index contributed by atoms with van der Waals surface area (Å²) in [7, 11) is 0. The molecule has 2 fully saturated rings. The van der Waals surface area contributed by atoms with E-state index >= 15 is 0 Å². The van der Waals surface area contributed by atoms with Gasteiger partial charge in [-0.1, -0.05) is 12.1 Å². The molecule has 3 heterocycles. The van der Waals surface area contributed by atoms with E-state index in [1.165, 1.54) is 12.8 Å². The van der Waals surface area contributed by atoms with Gasteiger partial charge < -0.3 is 10.0 Å². The van der Waals surface area contributed by atoms with Crippen molar-refractivity contribution in [3.63, 3.8) is 0 Å². The van der Waals surface area contributed by atoms with E-state index in [1.807, 2.05) is 10.9 Å². The second-order valence-electron chi connectivity index (χ2n) is 5.23. The Morgan fingerprint density at radius 1 is 1.35 bits per heavy atom. The number of hydrogen-bond acceptors (Lipinski definition) is 4. The van der Waals surface area contributed by atoms with Crippen LogP contribution in [0.1, 0.15) is 39.0 Å². The fourth-order valence-electron chi connectivity index (χ4n) is 3.35. The summed E-state index contributed by atoms with van der Waals surface area (Å²) in [6.45, 7) is 3.08. The maximum Gasteiger partial charge on any atom is 0.147 e. The van der Waals surface area contributed by atoms with E-state index in [0.29, 0.717) is 12.1 Å². The monoisotopic (exact) mass is 236 g/mol. The first kappa shape index (κ1) is 11.0. The van der Waals surface area contributed by atoms with Crippen molar-refractivity contribution in [2.24, 2.45) is 0 Å². The van der Waals surface area contributed by atoms with Crippen molar-refractivity contribution in [1.29, 1.82) is 0 Å². The third-order valence-electron chi connectivity index (χ3n) is 4.01. The fraction of sp³-hybridized carbons (Fsp3) is 0.833. The number of aryl methyl sites for hydroxylation is 1. The van der Waals surface area contributed by atoms with Crippen LogP contribution in [0.5, 0.6) is 0 Å². The number of anilines is 1. The zero-order valence-electron chi connectivity index (χ0n) is 10.3. The van der Waals surface area contributed by atoms with Crippen LogP contribution < -0.4 is 4.90 Å². The van der Waals surface area contributed by atoms with Gasteiger partial charge in [0.25, 0.3) is 0 Å². The average molecular weight is 236 g/mol. The van der Waals surface area contributed by atoms with Gasteiger partial charge in [0.2, 0.25) is 0 Å². The molecule has 5 heteroatoms. The Bertz CT molecular complexity index is 378. The Morgan fingerprint density at radius 2 is 2.06 bits per heavy atom. The second-order valence-corrected chi connectivity index (χ2v) is 5.23. The topological polar surface area (TPSA) is 54.2 Å². The van der Waals surface area contributed by atoms with E-state index in [0.717, 1.165) is 31.6 Å². The van der Waals surface area contributed by atoms with Gasteiger partial charge in [0.15, 0.2) is 0 Å². The first-order valence-electron chi connectivity index (χ1n) is 6.64. The largest absolute Gasteiger partial charge is 0.393 e. The SMILES string of the molecule is CCCn1nncc1N1C2CCC1CC(O)C2. The molecular weight excluding hydrogens is 216 g/mol. The number of hydrogen-bond donors (Lipinski definition) is 1.